The van der Waals surface area contributed by atoms with Gasteiger partial charge in [0.2, 0.25) is 0 Å². The maximum absolute atomic E-state index is 11.8. The van der Waals surface area contributed by atoms with E-state index in [1.165, 1.54) is 0 Å². The molecule has 16 nitrogen and oxygen atoms in total. The second kappa shape index (κ2) is 14.6. The molecule has 0 aromatic rings. The van der Waals surface area contributed by atoms with Gasteiger partial charge in [-0.3, -0.25) is 10.8 Å². The molecule has 0 heterocycles. The molecule has 0 aromatic heterocycles. The third-order valence-corrected chi connectivity index (χ3v) is 3.80. The number of nitrogens with one attached hydrogen (secondary N) is 4. The third kappa shape index (κ3) is 11.7. The summed E-state index contributed by atoms with van der Waals surface area (Å²) in [5.41, 5.74) is 21.2. The first kappa shape index (κ1) is 28.7. The Labute approximate surface area is 183 Å². The zero-order chi connectivity index (χ0) is 24.8. The molecule has 32 heavy (non-hydrogen) atoms. The highest BCUT2D eigenvalue weighted by atomic mass is 16.6. The standard InChI is InChI=1S/C16H30N8O8/c17-7(3-1-5-23-15(19)20)11(27)31-13(29)9(25)10(26)14(30)32-12(28)8(18)4-2-6-24-16(21)22/h7-10,25-26H,1-6,17-18H2,(H4,19,20,23)(H4,21,22,24)/t7-,8-,9?,10?/m0/s1. The fourth-order valence-electron chi connectivity index (χ4n) is 2.05. The van der Waals surface area contributed by atoms with Crippen LogP contribution in [0.5, 0.6) is 0 Å². The molecule has 0 saturated carbocycles. The zero-order valence-corrected chi connectivity index (χ0v) is 17.2. The van der Waals surface area contributed by atoms with Crippen molar-refractivity contribution in [1.82, 2.24) is 10.6 Å². The minimum absolute atomic E-state index is 0.0431. The molecule has 4 atom stereocenters. The van der Waals surface area contributed by atoms with E-state index in [1.807, 2.05) is 0 Å². The van der Waals surface area contributed by atoms with Gasteiger partial charge in [0, 0.05) is 13.1 Å². The first-order valence-electron chi connectivity index (χ1n) is 9.41. The minimum Gasteiger partial charge on any atom is -0.390 e. The third-order valence-electron chi connectivity index (χ3n) is 3.80. The van der Waals surface area contributed by atoms with Crippen LogP contribution in [0.3, 0.4) is 0 Å². The molecule has 0 rings (SSSR count). The van der Waals surface area contributed by atoms with Gasteiger partial charge in [-0.1, -0.05) is 0 Å². The maximum atomic E-state index is 11.8. The number of carbonyl (C=O) groups excluding carboxylic acids is 4. The Hall–Kier alpha value is -3.34. The van der Waals surface area contributed by atoms with Crippen LogP contribution in [0.15, 0.2) is 0 Å². The van der Waals surface area contributed by atoms with Crippen molar-refractivity contribution in [2.45, 2.75) is 50.0 Å². The molecule has 0 aromatic carbocycles. The molecule has 14 N–H and O–H groups in total. The van der Waals surface area contributed by atoms with E-state index in [0.717, 1.165) is 0 Å². The van der Waals surface area contributed by atoms with Crippen LogP contribution in [0.2, 0.25) is 0 Å². The van der Waals surface area contributed by atoms with Gasteiger partial charge in [0.25, 0.3) is 0 Å². The number of carbonyl (C=O) groups is 4. The van der Waals surface area contributed by atoms with Crippen LogP contribution in [0.1, 0.15) is 25.7 Å². The molecule has 0 fully saturated rings. The van der Waals surface area contributed by atoms with Gasteiger partial charge in [-0.05, 0) is 25.7 Å². The Bertz CT molecular complexity index is 646. The second-order valence-electron chi connectivity index (χ2n) is 6.55. The Morgan fingerprint density at radius 2 is 1.03 bits per heavy atom. The van der Waals surface area contributed by atoms with Gasteiger partial charge in [0.15, 0.2) is 24.1 Å². The van der Waals surface area contributed by atoms with Crippen molar-refractivity contribution in [3.63, 3.8) is 0 Å². The lowest BCUT2D eigenvalue weighted by molar-refractivity contribution is -0.181. The van der Waals surface area contributed by atoms with Crippen LogP contribution < -0.4 is 33.6 Å². The summed E-state index contributed by atoms with van der Waals surface area (Å²) >= 11 is 0. The molecule has 2 unspecified atom stereocenters. The summed E-state index contributed by atoms with van der Waals surface area (Å²) in [5, 5.41) is 38.3. The molecule has 0 amide bonds. The summed E-state index contributed by atoms with van der Waals surface area (Å²) in [6.45, 7) is 0.474. The summed E-state index contributed by atoms with van der Waals surface area (Å²) in [6.07, 6.45) is -4.37. The lowest BCUT2D eigenvalue weighted by Gasteiger charge is -2.17. The second-order valence-corrected chi connectivity index (χ2v) is 6.55. The normalized spacial score (nSPS) is 14.2. The average Bonchev–Trinajstić information content (AvgIpc) is 2.72. The van der Waals surface area contributed by atoms with Crippen molar-refractivity contribution in [3.8, 4) is 0 Å². The summed E-state index contributed by atoms with van der Waals surface area (Å²) in [7, 11) is 0. The SMILES string of the molecule is N=C(N)NCCC[C@H](N)C(=O)OC(=O)C(O)C(O)C(=O)OC(=O)[C@@H](N)CCCNC(=N)N. The predicted molar refractivity (Wildman–Crippen MR) is 108 cm³/mol. The Morgan fingerprint density at radius 3 is 1.31 bits per heavy atom. The number of hydrogen-bond acceptors (Lipinski definition) is 12. The van der Waals surface area contributed by atoms with Crippen LogP contribution in [-0.2, 0) is 28.7 Å². The van der Waals surface area contributed by atoms with E-state index in [9.17, 15) is 29.4 Å². The van der Waals surface area contributed by atoms with Gasteiger partial charge in [-0.25, -0.2) is 19.2 Å². The molecule has 0 bridgehead atoms. The van der Waals surface area contributed by atoms with Crippen LogP contribution >= 0.6 is 0 Å². The molecule has 0 spiro atoms. The van der Waals surface area contributed by atoms with Crippen molar-refractivity contribution in [1.29, 1.82) is 10.8 Å². The molecule has 0 aliphatic rings. The van der Waals surface area contributed by atoms with Crippen LogP contribution in [-0.4, -0.2) is 83.4 Å². The molecule has 182 valence electrons. The van der Waals surface area contributed by atoms with E-state index in [1.54, 1.807) is 0 Å². The van der Waals surface area contributed by atoms with Crippen molar-refractivity contribution >= 4 is 35.8 Å². The Kier molecular flexibility index (Phi) is 13.1. The van der Waals surface area contributed by atoms with Gasteiger partial charge in [0.1, 0.15) is 12.1 Å². The van der Waals surface area contributed by atoms with E-state index >= 15 is 0 Å². The molecule has 0 aliphatic carbocycles. The highest BCUT2D eigenvalue weighted by Crippen LogP contribution is 2.05. The number of ether oxygens (including phenoxy) is 2. The maximum Gasteiger partial charge on any atom is 0.346 e. The topological polar surface area (TPSA) is 303 Å². The van der Waals surface area contributed by atoms with Gasteiger partial charge >= 0.3 is 23.9 Å². The van der Waals surface area contributed by atoms with Crippen LogP contribution in [0, 0.1) is 10.8 Å². The molecule has 0 aliphatic heterocycles. The molecule has 0 saturated heterocycles. The van der Waals surface area contributed by atoms with Crippen molar-refractivity contribution in [3.05, 3.63) is 0 Å². The fourth-order valence-corrected chi connectivity index (χ4v) is 2.05. The van der Waals surface area contributed by atoms with E-state index < -0.39 is 48.2 Å². The van der Waals surface area contributed by atoms with Crippen LogP contribution in [0.25, 0.3) is 0 Å². The summed E-state index contributed by atoms with van der Waals surface area (Å²) in [5.74, 6) is -6.36. The highest BCUT2D eigenvalue weighted by Gasteiger charge is 2.36. The van der Waals surface area contributed by atoms with E-state index in [4.69, 9.17) is 33.8 Å². The number of aliphatic hydroxyl groups excluding tert-OH is 2. The number of esters is 4. The van der Waals surface area contributed by atoms with Crippen molar-refractivity contribution in [2.24, 2.45) is 22.9 Å². The number of hydrogen-bond donors (Lipinski definition) is 10. The predicted octanol–water partition coefficient (Wildman–Crippen LogP) is -4.97. The van der Waals surface area contributed by atoms with Crippen LogP contribution in [0.4, 0.5) is 0 Å². The lowest BCUT2D eigenvalue weighted by Crippen LogP contribution is -2.46. The van der Waals surface area contributed by atoms with Gasteiger partial charge in [-0.2, -0.15) is 0 Å². The number of guanidine groups is 2. The average molecular weight is 462 g/mol. The van der Waals surface area contributed by atoms with E-state index in [2.05, 4.69) is 20.1 Å². The highest BCUT2D eigenvalue weighted by molar-refractivity contribution is 5.96. The van der Waals surface area contributed by atoms with Gasteiger partial charge in [0.05, 0.1) is 0 Å². The summed E-state index contributed by atoms with van der Waals surface area (Å²) in [6, 6.07) is -2.53. The first-order valence-corrected chi connectivity index (χ1v) is 9.41. The summed E-state index contributed by atoms with van der Waals surface area (Å²) < 4.78 is 8.62. The minimum atomic E-state index is -2.53. The largest absolute Gasteiger partial charge is 0.390 e. The molecule has 0 radical (unpaired) electrons. The first-order chi connectivity index (χ1) is 14.9. The Balaban J connectivity index is 4.47. The van der Waals surface area contributed by atoms with E-state index in [-0.39, 0.29) is 37.9 Å². The van der Waals surface area contributed by atoms with Crippen molar-refractivity contribution < 1.29 is 38.9 Å². The lowest BCUT2D eigenvalue weighted by atomic mass is 10.1. The zero-order valence-electron chi connectivity index (χ0n) is 17.2. The van der Waals surface area contributed by atoms with Crippen molar-refractivity contribution in [2.75, 3.05) is 13.1 Å². The number of rotatable bonds is 13. The molecule has 16 heteroatoms. The summed E-state index contributed by atoms with van der Waals surface area (Å²) in [4.78, 5) is 47.0. The Morgan fingerprint density at radius 1 is 0.719 bits per heavy atom. The molecular weight excluding hydrogens is 432 g/mol. The fraction of sp³-hybridized carbons (Fsp3) is 0.625. The van der Waals surface area contributed by atoms with E-state index in [0.29, 0.717) is 12.8 Å². The monoisotopic (exact) mass is 462 g/mol. The van der Waals surface area contributed by atoms with Gasteiger partial charge < -0.3 is 53.3 Å². The number of nitrogens with two attached hydrogens (primary N) is 4. The smallest absolute Gasteiger partial charge is 0.346 e. The molecular formula is C16H30N8O8. The number of aliphatic hydroxyl groups is 2. The quantitative estimate of drug-likeness (QED) is 0.0403. The van der Waals surface area contributed by atoms with Gasteiger partial charge in [-0.15, -0.1) is 0 Å².